The molecular formula is C21H26ClF3N2O3. The van der Waals surface area contributed by atoms with Crippen LogP contribution in [-0.2, 0) is 15.7 Å². The summed E-state index contributed by atoms with van der Waals surface area (Å²) in [7, 11) is 1.31. The maximum absolute atomic E-state index is 13.4. The lowest BCUT2D eigenvalue weighted by Gasteiger charge is -2.22. The molecule has 0 spiro atoms. The second-order valence-corrected chi connectivity index (χ2v) is 7.37. The third kappa shape index (κ3) is 4.98. The molecule has 1 aromatic heterocycles. The summed E-state index contributed by atoms with van der Waals surface area (Å²) in [5.41, 5.74) is -0.198. The van der Waals surface area contributed by atoms with Crippen LogP contribution in [0.5, 0.6) is 5.75 Å². The summed E-state index contributed by atoms with van der Waals surface area (Å²) in [4.78, 5) is 15.9. The van der Waals surface area contributed by atoms with Gasteiger partial charge in [0, 0.05) is 23.9 Å². The van der Waals surface area contributed by atoms with Gasteiger partial charge in [-0.25, -0.2) is 4.98 Å². The number of hydrogen-bond donors (Lipinski definition) is 1. The molecule has 9 heteroatoms. The summed E-state index contributed by atoms with van der Waals surface area (Å²) in [5, 5.41) is 2.71. The first-order valence-corrected chi connectivity index (χ1v) is 10.2. The van der Waals surface area contributed by atoms with E-state index < -0.39 is 23.2 Å². The highest BCUT2D eigenvalue weighted by atomic mass is 35.5. The fourth-order valence-corrected chi connectivity index (χ4v) is 3.69. The maximum atomic E-state index is 13.4. The van der Waals surface area contributed by atoms with E-state index in [0.717, 1.165) is 6.07 Å². The van der Waals surface area contributed by atoms with Crippen LogP contribution in [0.4, 0.5) is 13.2 Å². The minimum absolute atomic E-state index is 0.153. The average molecular weight is 447 g/mol. The maximum Gasteiger partial charge on any atom is 0.418 e. The number of ether oxygens (including phenoxy) is 2. The summed E-state index contributed by atoms with van der Waals surface area (Å²) in [5.74, 6) is -0.0353. The molecule has 1 aliphatic rings. The Labute approximate surface area is 178 Å². The Morgan fingerprint density at radius 2 is 2.00 bits per heavy atom. The number of rotatable bonds is 4. The van der Waals surface area contributed by atoms with Crippen LogP contribution < -0.4 is 10.1 Å². The SMILES string of the molecule is CC.COC(=O)C1CC(Oc2c(C)nc3c(C(F)(F)F)cccc3c2C(C)Cl)CN1. The number of methoxy groups -OCH3 is 1. The number of nitrogens with zero attached hydrogens (tertiary/aromatic N) is 1. The van der Waals surface area contributed by atoms with Gasteiger partial charge in [0.05, 0.1) is 29.3 Å². The molecule has 1 saturated heterocycles. The normalized spacial score (nSPS) is 19.8. The van der Waals surface area contributed by atoms with E-state index in [0.29, 0.717) is 35.4 Å². The van der Waals surface area contributed by atoms with Gasteiger partial charge in [0.1, 0.15) is 17.9 Å². The number of para-hydroxylation sites is 1. The molecule has 0 radical (unpaired) electrons. The lowest BCUT2D eigenvalue weighted by Crippen LogP contribution is -2.31. The summed E-state index contributed by atoms with van der Waals surface area (Å²) < 4.78 is 51.0. The highest BCUT2D eigenvalue weighted by Crippen LogP contribution is 2.42. The molecule has 1 N–H and O–H groups in total. The van der Waals surface area contributed by atoms with Gasteiger partial charge >= 0.3 is 12.1 Å². The molecule has 0 saturated carbocycles. The van der Waals surface area contributed by atoms with Gasteiger partial charge in [-0.05, 0) is 19.9 Å². The standard InChI is InChI=1S/C19H20ClF3N2O3.C2H6/c1-9(20)15-12-5-4-6-13(19(21,22)23)16(12)25-10(2)17(15)28-11-7-14(24-8-11)18(26)27-3;1-2/h4-6,9,11,14,24H,7-8H2,1-3H3;1-2H3. The van der Waals surface area contributed by atoms with Crippen molar-refractivity contribution in [1.82, 2.24) is 10.3 Å². The summed E-state index contributed by atoms with van der Waals surface area (Å²) >= 11 is 6.33. The van der Waals surface area contributed by atoms with Crippen molar-refractivity contribution in [2.45, 2.75) is 57.8 Å². The predicted octanol–water partition coefficient (Wildman–Crippen LogP) is 5.17. The Morgan fingerprint density at radius 1 is 1.33 bits per heavy atom. The van der Waals surface area contributed by atoms with Crippen LogP contribution in [0.25, 0.3) is 10.9 Å². The topological polar surface area (TPSA) is 60.5 Å². The minimum Gasteiger partial charge on any atom is -0.487 e. The van der Waals surface area contributed by atoms with Gasteiger partial charge in [-0.1, -0.05) is 26.0 Å². The van der Waals surface area contributed by atoms with Gasteiger partial charge in [0.15, 0.2) is 0 Å². The number of carbonyl (C=O) groups is 1. The van der Waals surface area contributed by atoms with Crippen LogP contribution >= 0.6 is 11.6 Å². The Morgan fingerprint density at radius 3 is 2.57 bits per heavy atom. The van der Waals surface area contributed by atoms with Crippen molar-refractivity contribution in [2.75, 3.05) is 13.7 Å². The second kappa shape index (κ2) is 9.83. The van der Waals surface area contributed by atoms with Gasteiger partial charge < -0.3 is 14.8 Å². The Hall–Kier alpha value is -2.06. The summed E-state index contributed by atoms with van der Waals surface area (Å²) in [6, 6.07) is 3.40. The summed E-state index contributed by atoms with van der Waals surface area (Å²) in [6.45, 7) is 7.66. The number of fused-ring (bicyclic) bond motifs is 1. The molecule has 3 atom stereocenters. The molecule has 1 aliphatic heterocycles. The van der Waals surface area contributed by atoms with Crippen molar-refractivity contribution in [3.63, 3.8) is 0 Å². The lowest BCUT2D eigenvalue weighted by atomic mass is 10.0. The van der Waals surface area contributed by atoms with Crippen molar-refractivity contribution >= 4 is 28.5 Å². The van der Waals surface area contributed by atoms with Crippen LogP contribution in [0, 0.1) is 6.92 Å². The largest absolute Gasteiger partial charge is 0.487 e. The van der Waals surface area contributed by atoms with Crippen LogP contribution in [-0.4, -0.2) is 36.8 Å². The number of nitrogens with one attached hydrogen (secondary N) is 1. The number of alkyl halides is 4. The predicted molar refractivity (Wildman–Crippen MR) is 110 cm³/mol. The molecule has 0 amide bonds. The van der Waals surface area contributed by atoms with Crippen LogP contribution in [0.1, 0.15) is 49.4 Å². The van der Waals surface area contributed by atoms with Gasteiger partial charge in [-0.3, -0.25) is 4.79 Å². The van der Waals surface area contributed by atoms with E-state index in [1.165, 1.54) is 13.2 Å². The molecule has 166 valence electrons. The highest BCUT2D eigenvalue weighted by Gasteiger charge is 2.36. The fraction of sp³-hybridized carbons (Fsp3) is 0.524. The zero-order chi connectivity index (χ0) is 22.6. The third-order valence-corrected chi connectivity index (χ3v) is 4.96. The zero-order valence-corrected chi connectivity index (χ0v) is 18.3. The van der Waals surface area contributed by atoms with E-state index in [9.17, 15) is 18.0 Å². The third-order valence-electron chi connectivity index (χ3n) is 4.74. The number of aryl methyl sites for hydroxylation is 1. The number of hydrogen-bond acceptors (Lipinski definition) is 5. The monoisotopic (exact) mass is 446 g/mol. The van der Waals surface area contributed by atoms with Crippen molar-refractivity contribution in [2.24, 2.45) is 0 Å². The first kappa shape index (κ1) is 24.2. The van der Waals surface area contributed by atoms with Gasteiger partial charge in [-0.2, -0.15) is 13.2 Å². The number of benzene rings is 1. The molecule has 1 aromatic carbocycles. The van der Waals surface area contributed by atoms with Crippen molar-refractivity contribution < 1.29 is 27.4 Å². The number of pyridine rings is 1. The Balaban J connectivity index is 0.00000155. The zero-order valence-electron chi connectivity index (χ0n) is 17.6. The quantitative estimate of drug-likeness (QED) is 0.518. The van der Waals surface area contributed by atoms with Crippen LogP contribution in [0.3, 0.4) is 0 Å². The van der Waals surface area contributed by atoms with Crippen LogP contribution in [0.2, 0.25) is 0 Å². The number of carbonyl (C=O) groups excluding carboxylic acids is 1. The Kier molecular flexibility index (Phi) is 7.93. The highest BCUT2D eigenvalue weighted by molar-refractivity contribution is 6.22. The van der Waals surface area contributed by atoms with Crippen molar-refractivity contribution in [1.29, 1.82) is 0 Å². The van der Waals surface area contributed by atoms with Gasteiger partial charge in [0.2, 0.25) is 0 Å². The molecular weight excluding hydrogens is 421 g/mol. The first-order chi connectivity index (χ1) is 14.1. The minimum atomic E-state index is -4.53. The molecule has 1 fully saturated rings. The molecule has 0 bridgehead atoms. The van der Waals surface area contributed by atoms with E-state index in [4.69, 9.17) is 21.1 Å². The molecule has 2 aromatic rings. The molecule has 30 heavy (non-hydrogen) atoms. The van der Waals surface area contributed by atoms with E-state index in [1.54, 1.807) is 19.9 Å². The molecule has 3 rings (SSSR count). The first-order valence-electron chi connectivity index (χ1n) is 9.75. The molecule has 2 heterocycles. The fourth-order valence-electron chi connectivity index (χ4n) is 3.47. The smallest absolute Gasteiger partial charge is 0.418 e. The van der Waals surface area contributed by atoms with E-state index in [1.807, 2.05) is 13.8 Å². The lowest BCUT2D eigenvalue weighted by molar-refractivity contribution is -0.142. The number of esters is 1. The second-order valence-electron chi connectivity index (χ2n) is 6.72. The number of halogens is 4. The average Bonchev–Trinajstić information content (AvgIpc) is 3.16. The van der Waals surface area contributed by atoms with Gasteiger partial charge in [0.25, 0.3) is 0 Å². The Bertz CT molecular complexity index is 903. The van der Waals surface area contributed by atoms with E-state index >= 15 is 0 Å². The van der Waals surface area contributed by atoms with E-state index in [-0.39, 0.29) is 17.6 Å². The molecule has 0 aliphatic carbocycles. The number of aromatic nitrogens is 1. The van der Waals surface area contributed by atoms with Crippen molar-refractivity contribution in [3.05, 3.63) is 35.0 Å². The molecule has 5 nitrogen and oxygen atoms in total. The summed E-state index contributed by atoms with van der Waals surface area (Å²) in [6.07, 6.45) is -4.51. The van der Waals surface area contributed by atoms with E-state index in [2.05, 4.69) is 10.3 Å². The van der Waals surface area contributed by atoms with Gasteiger partial charge in [-0.15, -0.1) is 11.6 Å². The van der Waals surface area contributed by atoms with Crippen LogP contribution in [0.15, 0.2) is 18.2 Å². The van der Waals surface area contributed by atoms with Crippen molar-refractivity contribution in [3.8, 4) is 5.75 Å². The molecule has 3 unspecified atom stereocenters.